The molecule has 0 aliphatic carbocycles. The zero-order valence-corrected chi connectivity index (χ0v) is 8.64. The molecule has 1 aliphatic rings. The van der Waals surface area contributed by atoms with Gasteiger partial charge >= 0.3 is 0 Å². The number of hydrogen-bond donors (Lipinski definition) is 0. The van der Waals surface area contributed by atoms with E-state index in [1.807, 2.05) is 18.2 Å². The van der Waals surface area contributed by atoms with Gasteiger partial charge in [0, 0.05) is 10.6 Å². The summed E-state index contributed by atoms with van der Waals surface area (Å²) < 4.78 is 11.7. The third-order valence-corrected chi connectivity index (χ3v) is 4.22. The Morgan fingerprint density at radius 1 is 1.46 bits per heavy atom. The van der Waals surface area contributed by atoms with Crippen LogP contribution in [0.2, 0.25) is 0 Å². The largest absolute Gasteiger partial charge is 0.254 e. The Morgan fingerprint density at radius 2 is 2.23 bits per heavy atom. The lowest BCUT2D eigenvalue weighted by molar-refractivity contribution is 0.606. The van der Waals surface area contributed by atoms with Gasteiger partial charge in [-0.25, -0.2) is 0 Å². The molecule has 0 bridgehead atoms. The Morgan fingerprint density at radius 3 is 3.00 bits per heavy atom. The Kier molecular flexibility index (Phi) is 2.49. The molecule has 2 unspecified atom stereocenters. The minimum atomic E-state index is -0.737. The van der Waals surface area contributed by atoms with E-state index in [0.717, 1.165) is 23.5 Å². The van der Waals surface area contributed by atoms with Gasteiger partial charge in [0.05, 0.1) is 10.8 Å². The van der Waals surface area contributed by atoms with E-state index in [-0.39, 0.29) is 0 Å². The lowest BCUT2D eigenvalue weighted by atomic mass is 9.93. The van der Waals surface area contributed by atoms with E-state index in [1.54, 1.807) is 0 Å². The highest BCUT2D eigenvalue weighted by atomic mass is 32.2. The first-order valence-corrected chi connectivity index (χ1v) is 6.12. The van der Waals surface area contributed by atoms with Crippen molar-refractivity contribution in [1.82, 2.24) is 0 Å². The zero-order chi connectivity index (χ0) is 9.26. The van der Waals surface area contributed by atoms with Gasteiger partial charge in [-0.2, -0.15) is 0 Å². The molecule has 2 atom stereocenters. The van der Waals surface area contributed by atoms with Gasteiger partial charge in [-0.1, -0.05) is 25.1 Å². The maximum absolute atomic E-state index is 11.7. The molecule has 1 nitrogen and oxygen atoms in total. The predicted molar refractivity (Wildman–Crippen MR) is 55.4 cm³/mol. The standard InChI is InChI=1S/C11H14OS/c1-2-9-7-8-13(12)11-6-4-3-5-10(9)11/h3-6,9H,2,7-8H2,1H3. The van der Waals surface area contributed by atoms with Gasteiger partial charge in [0.15, 0.2) is 0 Å². The zero-order valence-electron chi connectivity index (χ0n) is 7.82. The number of benzene rings is 1. The van der Waals surface area contributed by atoms with Gasteiger partial charge in [-0.05, 0) is 30.4 Å². The van der Waals surface area contributed by atoms with Gasteiger partial charge in [-0.15, -0.1) is 0 Å². The highest BCUT2D eigenvalue weighted by Gasteiger charge is 2.22. The van der Waals surface area contributed by atoms with Crippen molar-refractivity contribution in [2.75, 3.05) is 5.75 Å². The second-order valence-corrected chi connectivity index (χ2v) is 5.02. The van der Waals surface area contributed by atoms with Crippen LogP contribution in [-0.2, 0) is 10.8 Å². The van der Waals surface area contributed by atoms with Crippen molar-refractivity contribution in [3.05, 3.63) is 29.8 Å². The SMILES string of the molecule is CCC1CCS(=O)c2ccccc21. The van der Waals surface area contributed by atoms with Gasteiger partial charge in [0.25, 0.3) is 0 Å². The first kappa shape index (κ1) is 8.95. The molecule has 0 amide bonds. The van der Waals surface area contributed by atoms with E-state index in [2.05, 4.69) is 13.0 Å². The van der Waals surface area contributed by atoms with Crippen molar-refractivity contribution in [3.8, 4) is 0 Å². The molecule has 1 aromatic carbocycles. The molecule has 0 saturated heterocycles. The van der Waals surface area contributed by atoms with Crippen molar-refractivity contribution in [2.45, 2.75) is 30.6 Å². The number of fused-ring (bicyclic) bond motifs is 1. The maximum Gasteiger partial charge on any atom is 0.0532 e. The Hall–Kier alpha value is -0.630. The van der Waals surface area contributed by atoms with Crippen LogP contribution in [-0.4, -0.2) is 9.96 Å². The second kappa shape index (κ2) is 3.62. The topological polar surface area (TPSA) is 17.1 Å². The molecular weight excluding hydrogens is 180 g/mol. The first-order valence-electron chi connectivity index (χ1n) is 4.80. The van der Waals surface area contributed by atoms with E-state index >= 15 is 0 Å². The molecule has 0 N–H and O–H groups in total. The summed E-state index contributed by atoms with van der Waals surface area (Å²) in [5.74, 6) is 1.48. The van der Waals surface area contributed by atoms with E-state index in [0.29, 0.717) is 5.92 Å². The van der Waals surface area contributed by atoms with Crippen LogP contribution in [0.4, 0.5) is 0 Å². The van der Waals surface area contributed by atoms with Gasteiger partial charge in [0.1, 0.15) is 0 Å². The molecule has 1 heterocycles. The Bertz CT molecular complexity index is 333. The molecule has 1 aliphatic heterocycles. The summed E-state index contributed by atoms with van der Waals surface area (Å²) in [5, 5.41) is 0. The van der Waals surface area contributed by atoms with Crippen molar-refractivity contribution < 1.29 is 4.21 Å². The third kappa shape index (κ3) is 1.55. The van der Waals surface area contributed by atoms with Crippen molar-refractivity contribution >= 4 is 10.8 Å². The summed E-state index contributed by atoms with van der Waals surface area (Å²) >= 11 is 0. The highest BCUT2D eigenvalue weighted by molar-refractivity contribution is 7.85. The van der Waals surface area contributed by atoms with E-state index in [4.69, 9.17) is 0 Å². The number of hydrogen-bond acceptors (Lipinski definition) is 1. The van der Waals surface area contributed by atoms with E-state index < -0.39 is 10.8 Å². The highest BCUT2D eigenvalue weighted by Crippen LogP contribution is 2.33. The van der Waals surface area contributed by atoms with Crippen molar-refractivity contribution in [3.63, 3.8) is 0 Å². The summed E-state index contributed by atoms with van der Waals surface area (Å²) in [6.45, 7) is 2.20. The van der Waals surface area contributed by atoms with Crippen LogP contribution in [0.5, 0.6) is 0 Å². The normalized spacial score (nSPS) is 26.8. The smallest absolute Gasteiger partial charge is 0.0532 e. The molecule has 0 saturated carbocycles. The van der Waals surface area contributed by atoms with Gasteiger partial charge < -0.3 is 0 Å². The molecule has 2 rings (SSSR count). The molecule has 13 heavy (non-hydrogen) atoms. The Balaban J connectivity index is 2.47. The van der Waals surface area contributed by atoms with Gasteiger partial charge in [0.2, 0.25) is 0 Å². The molecule has 2 heteroatoms. The summed E-state index contributed by atoms with van der Waals surface area (Å²) in [4.78, 5) is 1.07. The van der Waals surface area contributed by atoms with Crippen LogP contribution < -0.4 is 0 Å². The van der Waals surface area contributed by atoms with Crippen LogP contribution in [0.3, 0.4) is 0 Å². The summed E-state index contributed by atoms with van der Waals surface area (Å²) in [5.41, 5.74) is 1.31. The minimum Gasteiger partial charge on any atom is -0.254 e. The Labute approximate surface area is 81.6 Å². The molecule has 0 aromatic heterocycles. The fraction of sp³-hybridized carbons (Fsp3) is 0.455. The monoisotopic (exact) mass is 194 g/mol. The molecular formula is C11H14OS. The maximum atomic E-state index is 11.7. The fourth-order valence-electron chi connectivity index (χ4n) is 1.96. The first-order chi connectivity index (χ1) is 6.33. The van der Waals surface area contributed by atoms with Crippen molar-refractivity contribution in [1.29, 1.82) is 0 Å². The van der Waals surface area contributed by atoms with Crippen LogP contribution in [0, 0.1) is 0 Å². The molecule has 0 spiro atoms. The van der Waals surface area contributed by atoms with E-state index in [1.165, 1.54) is 5.56 Å². The van der Waals surface area contributed by atoms with Crippen molar-refractivity contribution in [2.24, 2.45) is 0 Å². The molecule has 0 fully saturated rings. The second-order valence-electron chi connectivity index (χ2n) is 3.48. The van der Waals surface area contributed by atoms with Crippen LogP contribution >= 0.6 is 0 Å². The average Bonchev–Trinajstić information content (AvgIpc) is 2.19. The molecule has 70 valence electrons. The van der Waals surface area contributed by atoms with E-state index in [9.17, 15) is 4.21 Å². The lowest BCUT2D eigenvalue weighted by Gasteiger charge is -2.23. The van der Waals surface area contributed by atoms with Crippen LogP contribution in [0.25, 0.3) is 0 Å². The van der Waals surface area contributed by atoms with Crippen LogP contribution in [0.1, 0.15) is 31.2 Å². The number of rotatable bonds is 1. The fourth-order valence-corrected chi connectivity index (χ4v) is 3.41. The average molecular weight is 194 g/mol. The quantitative estimate of drug-likeness (QED) is 0.671. The molecule has 0 radical (unpaired) electrons. The third-order valence-electron chi connectivity index (χ3n) is 2.75. The summed E-state index contributed by atoms with van der Waals surface area (Å²) in [7, 11) is -0.737. The lowest BCUT2D eigenvalue weighted by Crippen LogP contribution is -2.14. The summed E-state index contributed by atoms with van der Waals surface area (Å²) in [6, 6.07) is 8.16. The van der Waals surface area contributed by atoms with Gasteiger partial charge in [-0.3, -0.25) is 4.21 Å². The van der Waals surface area contributed by atoms with Crippen LogP contribution in [0.15, 0.2) is 29.2 Å². The predicted octanol–water partition coefficient (Wildman–Crippen LogP) is 2.69. The molecule has 1 aromatic rings. The summed E-state index contributed by atoms with van der Waals surface area (Å²) in [6.07, 6.45) is 2.24. The minimum absolute atomic E-state index is 0.633.